The first kappa shape index (κ1) is 13.1. The van der Waals surface area contributed by atoms with E-state index in [0.717, 1.165) is 16.8 Å². The van der Waals surface area contributed by atoms with Gasteiger partial charge in [0.15, 0.2) is 0 Å². The van der Waals surface area contributed by atoms with E-state index in [2.05, 4.69) is 15.4 Å². The second-order valence-corrected chi connectivity index (χ2v) is 4.51. The third kappa shape index (κ3) is 2.90. The van der Waals surface area contributed by atoms with E-state index in [9.17, 15) is 4.79 Å². The molecule has 2 heterocycles. The highest BCUT2D eigenvalue weighted by molar-refractivity contribution is 5.93. The Labute approximate surface area is 111 Å². The van der Waals surface area contributed by atoms with Crippen LogP contribution in [0.3, 0.4) is 0 Å². The van der Waals surface area contributed by atoms with Crippen LogP contribution in [0.5, 0.6) is 0 Å². The van der Waals surface area contributed by atoms with Gasteiger partial charge in [0.25, 0.3) is 5.91 Å². The van der Waals surface area contributed by atoms with Crippen molar-refractivity contribution >= 4 is 11.7 Å². The van der Waals surface area contributed by atoms with Crippen molar-refractivity contribution in [2.24, 2.45) is 7.05 Å². The molecule has 0 aliphatic heterocycles. The Morgan fingerprint density at radius 1 is 1.47 bits per heavy atom. The van der Waals surface area contributed by atoms with E-state index >= 15 is 0 Å². The normalized spacial score (nSPS) is 10.5. The molecule has 0 aromatic carbocycles. The molecule has 2 aromatic heterocycles. The van der Waals surface area contributed by atoms with Gasteiger partial charge in [-0.25, -0.2) is 4.98 Å². The molecular weight excluding hydrogens is 242 g/mol. The lowest BCUT2D eigenvalue weighted by Gasteiger charge is -2.10. The van der Waals surface area contributed by atoms with E-state index in [-0.39, 0.29) is 5.91 Å². The maximum Gasteiger partial charge on any atom is 0.254 e. The Kier molecular flexibility index (Phi) is 3.50. The molecule has 100 valence electrons. The molecule has 0 atom stereocenters. The lowest BCUT2D eigenvalue weighted by atomic mass is 10.1. The van der Waals surface area contributed by atoms with Crippen molar-refractivity contribution in [2.45, 2.75) is 20.4 Å². The van der Waals surface area contributed by atoms with E-state index in [1.165, 1.54) is 6.20 Å². The molecule has 2 aromatic rings. The third-order valence-electron chi connectivity index (χ3n) is 2.97. The first-order valence-corrected chi connectivity index (χ1v) is 5.97. The number of nitrogens with zero attached hydrogens (tertiary/aromatic N) is 3. The number of amides is 1. The van der Waals surface area contributed by atoms with Gasteiger partial charge in [-0.05, 0) is 31.0 Å². The Hall–Kier alpha value is -2.37. The molecule has 6 heteroatoms. The summed E-state index contributed by atoms with van der Waals surface area (Å²) in [6.07, 6.45) is 3.21. The summed E-state index contributed by atoms with van der Waals surface area (Å²) in [7, 11) is 1.77. The van der Waals surface area contributed by atoms with Crippen molar-refractivity contribution in [3.05, 3.63) is 40.8 Å². The van der Waals surface area contributed by atoms with Crippen molar-refractivity contribution in [3.63, 3.8) is 0 Å². The van der Waals surface area contributed by atoms with E-state index in [1.807, 2.05) is 13.8 Å². The van der Waals surface area contributed by atoms with Crippen molar-refractivity contribution in [3.8, 4) is 0 Å². The van der Waals surface area contributed by atoms with Crippen LogP contribution in [0.2, 0.25) is 0 Å². The standard InChI is InChI=1S/C13H17N5O/c1-8-4-12(14)17-9(2)11(8)6-15-13(19)10-5-16-18(3)7-10/h4-5,7H,6H2,1-3H3,(H2,14,17)(H,15,19). The SMILES string of the molecule is Cc1cc(N)nc(C)c1CNC(=O)c1cnn(C)c1. The number of hydrogen-bond acceptors (Lipinski definition) is 4. The van der Waals surface area contributed by atoms with Crippen molar-refractivity contribution in [1.82, 2.24) is 20.1 Å². The van der Waals surface area contributed by atoms with Gasteiger partial charge in [0, 0.05) is 25.5 Å². The molecule has 0 spiro atoms. The van der Waals surface area contributed by atoms with Crippen LogP contribution >= 0.6 is 0 Å². The van der Waals surface area contributed by atoms with Crippen LogP contribution < -0.4 is 11.1 Å². The summed E-state index contributed by atoms with van der Waals surface area (Å²) in [6, 6.07) is 1.80. The molecule has 0 saturated heterocycles. The lowest BCUT2D eigenvalue weighted by Crippen LogP contribution is -2.23. The number of pyridine rings is 1. The van der Waals surface area contributed by atoms with Gasteiger partial charge >= 0.3 is 0 Å². The number of carbonyl (C=O) groups excluding carboxylic acids is 1. The summed E-state index contributed by atoms with van der Waals surface area (Å²) in [6.45, 7) is 4.27. The lowest BCUT2D eigenvalue weighted by molar-refractivity contribution is 0.0950. The molecule has 6 nitrogen and oxygen atoms in total. The van der Waals surface area contributed by atoms with Crippen LogP contribution in [0.25, 0.3) is 0 Å². The van der Waals surface area contributed by atoms with Gasteiger partial charge < -0.3 is 11.1 Å². The first-order valence-electron chi connectivity index (χ1n) is 5.97. The highest BCUT2D eigenvalue weighted by Crippen LogP contribution is 2.14. The predicted octanol–water partition coefficient (Wildman–Crippen LogP) is 0.944. The number of anilines is 1. The van der Waals surface area contributed by atoms with Crippen molar-refractivity contribution in [2.75, 3.05) is 5.73 Å². The third-order valence-corrected chi connectivity index (χ3v) is 2.97. The molecule has 1 amide bonds. The second kappa shape index (κ2) is 5.09. The van der Waals surface area contributed by atoms with Crippen LogP contribution in [0.1, 0.15) is 27.2 Å². The highest BCUT2D eigenvalue weighted by atomic mass is 16.1. The average molecular weight is 259 g/mol. The average Bonchev–Trinajstić information content (AvgIpc) is 2.74. The number of nitrogen functional groups attached to an aromatic ring is 1. The summed E-state index contributed by atoms with van der Waals surface area (Å²) in [5.74, 6) is 0.348. The number of aromatic nitrogens is 3. The Balaban J connectivity index is 2.09. The van der Waals surface area contributed by atoms with Gasteiger partial charge in [0.05, 0.1) is 11.8 Å². The van der Waals surface area contributed by atoms with Crippen LogP contribution in [-0.2, 0) is 13.6 Å². The van der Waals surface area contributed by atoms with Crippen molar-refractivity contribution < 1.29 is 4.79 Å². The molecule has 0 saturated carbocycles. The van der Waals surface area contributed by atoms with Crippen LogP contribution in [0.4, 0.5) is 5.82 Å². The number of hydrogen-bond donors (Lipinski definition) is 2. The van der Waals surface area contributed by atoms with Gasteiger partial charge in [-0.3, -0.25) is 9.48 Å². The number of nitrogens with one attached hydrogen (secondary N) is 1. The van der Waals surface area contributed by atoms with E-state index in [1.54, 1.807) is 24.0 Å². The zero-order chi connectivity index (χ0) is 14.0. The zero-order valence-corrected chi connectivity index (χ0v) is 11.3. The largest absolute Gasteiger partial charge is 0.384 e. The molecule has 19 heavy (non-hydrogen) atoms. The molecule has 0 aliphatic rings. The Morgan fingerprint density at radius 3 is 2.79 bits per heavy atom. The Morgan fingerprint density at radius 2 is 2.21 bits per heavy atom. The second-order valence-electron chi connectivity index (χ2n) is 4.51. The number of aryl methyl sites for hydroxylation is 3. The minimum Gasteiger partial charge on any atom is -0.384 e. The molecule has 0 bridgehead atoms. The topological polar surface area (TPSA) is 85.8 Å². The summed E-state index contributed by atoms with van der Waals surface area (Å²) in [4.78, 5) is 16.1. The van der Waals surface area contributed by atoms with Crippen molar-refractivity contribution in [1.29, 1.82) is 0 Å². The summed E-state index contributed by atoms with van der Waals surface area (Å²) >= 11 is 0. The monoisotopic (exact) mass is 259 g/mol. The summed E-state index contributed by atoms with van der Waals surface area (Å²) in [5.41, 5.74) is 9.07. The number of rotatable bonds is 3. The smallest absolute Gasteiger partial charge is 0.254 e. The maximum atomic E-state index is 11.9. The molecule has 0 radical (unpaired) electrons. The molecule has 0 unspecified atom stereocenters. The summed E-state index contributed by atoms with van der Waals surface area (Å²) < 4.78 is 1.59. The van der Waals surface area contributed by atoms with Gasteiger partial charge in [0.2, 0.25) is 0 Å². The molecule has 2 rings (SSSR count). The zero-order valence-electron chi connectivity index (χ0n) is 11.3. The predicted molar refractivity (Wildman–Crippen MR) is 72.5 cm³/mol. The molecular formula is C13H17N5O. The maximum absolute atomic E-state index is 11.9. The van der Waals surface area contributed by atoms with Crippen LogP contribution in [0, 0.1) is 13.8 Å². The summed E-state index contributed by atoms with van der Waals surface area (Å²) in [5, 5.41) is 6.82. The minimum absolute atomic E-state index is 0.149. The molecule has 0 aliphatic carbocycles. The van der Waals surface area contributed by atoms with E-state index < -0.39 is 0 Å². The van der Waals surface area contributed by atoms with E-state index in [0.29, 0.717) is 17.9 Å². The van der Waals surface area contributed by atoms with Gasteiger partial charge in [-0.2, -0.15) is 5.10 Å². The van der Waals surface area contributed by atoms with Gasteiger partial charge in [-0.15, -0.1) is 0 Å². The number of carbonyl (C=O) groups is 1. The fourth-order valence-electron chi connectivity index (χ4n) is 1.96. The van der Waals surface area contributed by atoms with Crippen LogP contribution in [-0.4, -0.2) is 20.7 Å². The molecule has 0 fully saturated rings. The Bertz CT molecular complexity index is 594. The molecule has 3 N–H and O–H groups in total. The number of nitrogens with two attached hydrogens (primary N) is 1. The van der Waals surface area contributed by atoms with Gasteiger partial charge in [0.1, 0.15) is 5.82 Å². The highest BCUT2D eigenvalue weighted by Gasteiger charge is 2.10. The fourth-order valence-corrected chi connectivity index (χ4v) is 1.96. The first-order chi connectivity index (χ1) is 8.97. The minimum atomic E-state index is -0.149. The van der Waals surface area contributed by atoms with E-state index in [4.69, 9.17) is 5.73 Å². The van der Waals surface area contributed by atoms with Gasteiger partial charge in [-0.1, -0.05) is 0 Å². The fraction of sp³-hybridized carbons (Fsp3) is 0.308. The quantitative estimate of drug-likeness (QED) is 0.859. The van der Waals surface area contributed by atoms with Crippen LogP contribution in [0.15, 0.2) is 18.5 Å².